The van der Waals surface area contributed by atoms with Crippen LogP contribution in [-0.2, 0) is 27.9 Å². The van der Waals surface area contributed by atoms with E-state index in [0.29, 0.717) is 30.8 Å². The zero-order chi connectivity index (χ0) is 17.7. The summed E-state index contributed by atoms with van der Waals surface area (Å²) in [4.78, 5) is 11.3. The van der Waals surface area contributed by atoms with Gasteiger partial charge in [-0.3, -0.25) is 9.35 Å². The first-order valence-electron chi connectivity index (χ1n) is 7.52. The second-order valence-electron chi connectivity index (χ2n) is 5.65. The molecule has 2 rings (SSSR count). The van der Waals surface area contributed by atoms with Crippen LogP contribution in [-0.4, -0.2) is 25.4 Å². The van der Waals surface area contributed by atoms with E-state index < -0.39 is 10.1 Å². The highest BCUT2D eigenvalue weighted by molar-refractivity contribution is 7.85. The summed E-state index contributed by atoms with van der Waals surface area (Å²) in [7, 11) is -4.25. The normalized spacial score (nSPS) is 11.5. The minimum absolute atomic E-state index is 0.00518. The number of carbonyl (C=O) groups excluding carboxylic acids is 1. The topological polar surface area (TPSA) is 80.7 Å². The molecule has 2 aromatic carbocycles. The van der Waals surface area contributed by atoms with Crippen molar-refractivity contribution in [2.24, 2.45) is 0 Å². The Bertz CT molecular complexity index is 840. The van der Waals surface area contributed by atoms with Crippen LogP contribution in [0.25, 0.3) is 0 Å². The van der Waals surface area contributed by atoms with Gasteiger partial charge in [0.1, 0.15) is 0 Å². The van der Waals surface area contributed by atoms with Crippen molar-refractivity contribution in [3.63, 3.8) is 0 Å². The van der Waals surface area contributed by atoms with Crippen molar-refractivity contribution in [2.75, 3.05) is 6.61 Å². The fraction of sp³-hybridized carbons (Fsp3) is 0.278. The standard InChI is InChI=1S/C18H20O5S/c1-13-6-7-18(24(20,21)22)17(10-13)8-9-23-12-15-4-3-5-16(11-15)14(2)19/h3-7,10-11H,8-9,12H2,1-2H3,(H,20,21,22). The second-order valence-corrected chi connectivity index (χ2v) is 7.04. The monoisotopic (exact) mass is 348 g/mol. The molecule has 0 aliphatic carbocycles. The molecule has 5 nitrogen and oxygen atoms in total. The van der Waals surface area contributed by atoms with Crippen LogP contribution < -0.4 is 0 Å². The lowest BCUT2D eigenvalue weighted by molar-refractivity contribution is 0.101. The molecule has 0 atom stereocenters. The van der Waals surface area contributed by atoms with Gasteiger partial charge in [-0.25, -0.2) is 0 Å². The number of rotatable bonds is 7. The van der Waals surface area contributed by atoms with Gasteiger partial charge >= 0.3 is 0 Å². The molecule has 0 bridgehead atoms. The van der Waals surface area contributed by atoms with Gasteiger partial charge in [0, 0.05) is 5.56 Å². The smallest absolute Gasteiger partial charge is 0.294 e. The molecule has 0 heterocycles. The average molecular weight is 348 g/mol. The van der Waals surface area contributed by atoms with Crippen molar-refractivity contribution in [3.8, 4) is 0 Å². The predicted octanol–water partition coefficient (Wildman–Crippen LogP) is 3.20. The zero-order valence-corrected chi connectivity index (χ0v) is 14.5. The van der Waals surface area contributed by atoms with Crippen LogP contribution >= 0.6 is 0 Å². The lowest BCUT2D eigenvalue weighted by atomic mass is 10.1. The van der Waals surface area contributed by atoms with Crippen molar-refractivity contribution in [3.05, 3.63) is 64.7 Å². The molecule has 0 unspecified atom stereocenters. The van der Waals surface area contributed by atoms with E-state index in [2.05, 4.69) is 0 Å². The van der Waals surface area contributed by atoms with E-state index in [-0.39, 0.29) is 10.7 Å². The summed E-state index contributed by atoms with van der Waals surface area (Å²) in [6.45, 7) is 3.99. The van der Waals surface area contributed by atoms with Crippen LogP contribution in [0.3, 0.4) is 0 Å². The highest BCUT2D eigenvalue weighted by Crippen LogP contribution is 2.18. The first-order valence-corrected chi connectivity index (χ1v) is 8.96. The Hall–Kier alpha value is -2.02. The summed E-state index contributed by atoms with van der Waals surface area (Å²) in [5.74, 6) is -0.00518. The summed E-state index contributed by atoms with van der Waals surface area (Å²) >= 11 is 0. The van der Waals surface area contributed by atoms with Crippen molar-refractivity contribution < 1.29 is 22.5 Å². The first kappa shape index (κ1) is 18.3. The molecule has 0 spiro atoms. The zero-order valence-electron chi connectivity index (χ0n) is 13.7. The van der Waals surface area contributed by atoms with Crippen LogP contribution in [0.2, 0.25) is 0 Å². The Morgan fingerprint density at radius 2 is 1.92 bits per heavy atom. The molecule has 2 aromatic rings. The molecular formula is C18H20O5S. The van der Waals surface area contributed by atoms with Gasteiger partial charge in [-0.15, -0.1) is 0 Å². The van der Waals surface area contributed by atoms with Crippen molar-refractivity contribution >= 4 is 15.9 Å². The van der Waals surface area contributed by atoms with Crippen LogP contribution in [0.5, 0.6) is 0 Å². The van der Waals surface area contributed by atoms with Gasteiger partial charge < -0.3 is 4.74 Å². The number of Topliss-reactive ketones (excluding diaryl/α,β-unsaturated/α-hetero) is 1. The van der Waals surface area contributed by atoms with Gasteiger partial charge in [-0.05, 0) is 43.5 Å². The molecule has 0 aliphatic heterocycles. The molecule has 128 valence electrons. The van der Waals surface area contributed by atoms with Gasteiger partial charge in [0.25, 0.3) is 10.1 Å². The maximum Gasteiger partial charge on any atom is 0.294 e. The molecule has 6 heteroatoms. The summed E-state index contributed by atoms with van der Waals surface area (Å²) < 4.78 is 37.7. The van der Waals surface area contributed by atoms with E-state index in [1.165, 1.54) is 13.0 Å². The minimum Gasteiger partial charge on any atom is -0.376 e. The Labute approximate surface area is 142 Å². The van der Waals surface area contributed by atoms with E-state index in [0.717, 1.165) is 11.1 Å². The van der Waals surface area contributed by atoms with Gasteiger partial charge in [0.05, 0.1) is 18.1 Å². The maximum atomic E-state index is 11.4. The van der Waals surface area contributed by atoms with E-state index in [1.807, 2.05) is 13.0 Å². The summed E-state index contributed by atoms with van der Waals surface area (Å²) in [5.41, 5.74) is 2.94. The molecule has 0 aliphatic rings. The summed E-state index contributed by atoms with van der Waals surface area (Å²) in [6, 6.07) is 11.9. The number of ether oxygens (including phenoxy) is 1. The number of ketones is 1. The molecule has 0 fully saturated rings. The second kappa shape index (κ2) is 7.70. The summed E-state index contributed by atoms with van der Waals surface area (Å²) in [5, 5.41) is 0. The lowest BCUT2D eigenvalue weighted by Gasteiger charge is -2.09. The van der Waals surface area contributed by atoms with Crippen molar-refractivity contribution in [1.82, 2.24) is 0 Å². The largest absolute Gasteiger partial charge is 0.376 e. The van der Waals surface area contributed by atoms with Crippen LogP contribution in [0.15, 0.2) is 47.4 Å². The van der Waals surface area contributed by atoms with Crippen molar-refractivity contribution in [2.45, 2.75) is 31.8 Å². The van der Waals surface area contributed by atoms with Crippen LogP contribution in [0.1, 0.15) is 34.0 Å². The number of aryl methyl sites for hydroxylation is 1. The number of carbonyl (C=O) groups is 1. The number of benzene rings is 2. The average Bonchev–Trinajstić information content (AvgIpc) is 2.50. The van der Waals surface area contributed by atoms with Crippen LogP contribution in [0, 0.1) is 6.92 Å². The van der Waals surface area contributed by atoms with Gasteiger partial charge in [0.15, 0.2) is 5.78 Å². The van der Waals surface area contributed by atoms with Gasteiger partial charge in [-0.1, -0.05) is 35.9 Å². The molecule has 1 N–H and O–H groups in total. The van der Waals surface area contributed by atoms with Gasteiger partial charge in [-0.2, -0.15) is 8.42 Å². The molecule has 0 amide bonds. The fourth-order valence-electron chi connectivity index (χ4n) is 2.41. The molecule has 0 radical (unpaired) electrons. The highest BCUT2D eigenvalue weighted by Gasteiger charge is 2.15. The molecule has 24 heavy (non-hydrogen) atoms. The molecule has 0 saturated heterocycles. The molecule has 0 saturated carbocycles. The van der Waals surface area contributed by atoms with E-state index in [1.54, 1.807) is 30.3 Å². The summed E-state index contributed by atoms with van der Waals surface area (Å²) in [6.07, 6.45) is 0.364. The minimum atomic E-state index is -4.25. The third kappa shape index (κ3) is 4.99. The SMILES string of the molecule is CC(=O)c1cccc(COCCc2cc(C)ccc2S(=O)(=O)O)c1. The van der Waals surface area contributed by atoms with E-state index in [4.69, 9.17) is 4.74 Å². The third-order valence-corrected chi connectivity index (χ3v) is 4.57. The Morgan fingerprint density at radius 1 is 1.17 bits per heavy atom. The Kier molecular flexibility index (Phi) is 5.88. The maximum absolute atomic E-state index is 11.4. The van der Waals surface area contributed by atoms with E-state index >= 15 is 0 Å². The van der Waals surface area contributed by atoms with E-state index in [9.17, 15) is 17.8 Å². The highest BCUT2D eigenvalue weighted by atomic mass is 32.2. The number of hydrogen-bond acceptors (Lipinski definition) is 4. The van der Waals surface area contributed by atoms with Gasteiger partial charge in [0.2, 0.25) is 0 Å². The predicted molar refractivity (Wildman–Crippen MR) is 90.8 cm³/mol. The van der Waals surface area contributed by atoms with Crippen molar-refractivity contribution in [1.29, 1.82) is 0 Å². The molecular weight excluding hydrogens is 328 g/mol. The van der Waals surface area contributed by atoms with Crippen LogP contribution in [0.4, 0.5) is 0 Å². The number of hydrogen-bond donors (Lipinski definition) is 1. The Balaban J connectivity index is 1.99. The third-order valence-electron chi connectivity index (χ3n) is 3.61. The lowest BCUT2D eigenvalue weighted by Crippen LogP contribution is -2.07. The molecule has 0 aromatic heterocycles. The Morgan fingerprint density at radius 3 is 2.58 bits per heavy atom. The fourth-order valence-corrected chi connectivity index (χ4v) is 3.14. The first-order chi connectivity index (χ1) is 11.3. The quantitative estimate of drug-likeness (QED) is 0.472.